The first-order valence-corrected chi connectivity index (χ1v) is 11.6. The van der Waals surface area contributed by atoms with Crippen molar-refractivity contribution in [3.8, 4) is 17.7 Å². The molecular formula is C31H20N4. The predicted octanol–water partition coefficient (Wildman–Crippen LogP) is 7.46. The van der Waals surface area contributed by atoms with Crippen LogP contribution < -0.4 is 0 Å². The molecule has 0 saturated carbocycles. The van der Waals surface area contributed by atoms with E-state index in [9.17, 15) is 5.26 Å². The standard InChI is InChI=1S/C31H20N4/c1-20-13-15-28-24(17-20)22-7-2-4-9-26(22)34(28)30-11-6-12-31(33-30)35-27-10-5-3-8-23(27)25-18-21(19-32)14-16-29(25)35/h2-18H,1H3. The van der Waals surface area contributed by atoms with E-state index in [0.29, 0.717) is 5.56 Å². The number of hydrogen-bond acceptors (Lipinski definition) is 2. The van der Waals surface area contributed by atoms with Crippen LogP contribution in [0.1, 0.15) is 11.1 Å². The molecule has 0 aliphatic heterocycles. The predicted molar refractivity (Wildman–Crippen MR) is 142 cm³/mol. The maximum atomic E-state index is 9.45. The summed E-state index contributed by atoms with van der Waals surface area (Å²) in [7, 11) is 0. The van der Waals surface area contributed by atoms with Gasteiger partial charge in [0.25, 0.3) is 0 Å². The summed E-state index contributed by atoms with van der Waals surface area (Å²) in [5.74, 6) is 1.72. The van der Waals surface area contributed by atoms with Gasteiger partial charge in [0.2, 0.25) is 0 Å². The van der Waals surface area contributed by atoms with Gasteiger partial charge in [-0.1, -0.05) is 54.1 Å². The largest absolute Gasteiger partial charge is 0.294 e. The first-order valence-electron chi connectivity index (χ1n) is 11.6. The van der Waals surface area contributed by atoms with Crippen molar-refractivity contribution in [1.29, 1.82) is 5.26 Å². The van der Waals surface area contributed by atoms with E-state index in [1.165, 1.54) is 16.3 Å². The molecule has 0 amide bonds. The lowest BCUT2D eigenvalue weighted by Gasteiger charge is -2.11. The molecular weight excluding hydrogens is 428 g/mol. The van der Waals surface area contributed by atoms with E-state index < -0.39 is 0 Å². The molecule has 4 heteroatoms. The molecule has 164 valence electrons. The smallest absolute Gasteiger partial charge is 0.140 e. The lowest BCUT2D eigenvalue weighted by Crippen LogP contribution is -2.03. The van der Waals surface area contributed by atoms with Crippen LogP contribution in [0.5, 0.6) is 0 Å². The normalized spacial score (nSPS) is 11.5. The molecule has 0 saturated heterocycles. The van der Waals surface area contributed by atoms with E-state index in [-0.39, 0.29) is 0 Å². The molecule has 0 aliphatic rings. The highest BCUT2D eigenvalue weighted by Crippen LogP contribution is 2.34. The third-order valence-corrected chi connectivity index (χ3v) is 6.81. The van der Waals surface area contributed by atoms with Crippen LogP contribution in [0.2, 0.25) is 0 Å². The van der Waals surface area contributed by atoms with Crippen molar-refractivity contribution in [2.45, 2.75) is 6.92 Å². The molecule has 7 rings (SSSR count). The van der Waals surface area contributed by atoms with Gasteiger partial charge < -0.3 is 0 Å². The number of hydrogen-bond donors (Lipinski definition) is 0. The van der Waals surface area contributed by atoms with Crippen molar-refractivity contribution in [3.63, 3.8) is 0 Å². The Bertz CT molecular complexity index is 1980. The van der Waals surface area contributed by atoms with E-state index in [1.807, 2.05) is 36.4 Å². The van der Waals surface area contributed by atoms with Crippen LogP contribution in [0.15, 0.2) is 103 Å². The maximum absolute atomic E-state index is 9.45. The van der Waals surface area contributed by atoms with Crippen LogP contribution in [0.4, 0.5) is 0 Å². The monoisotopic (exact) mass is 448 g/mol. The Morgan fingerprint density at radius 1 is 0.571 bits per heavy atom. The van der Waals surface area contributed by atoms with E-state index in [1.54, 1.807) is 0 Å². The molecule has 0 N–H and O–H groups in total. The lowest BCUT2D eigenvalue weighted by molar-refractivity contribution is 1.01. The minimum Gasteiger partial charge on any atom is -0.294 e. The first kappa shape index (κ1) is 19.6. The van der Waals surface area contributed by atoms with Crippen LogP contribution in [-0.2, 0) is 0 Å². The van der Waals surface area contributed by atoms with Gasteiger partial charge in [-0.2, -0.15) is 5.26 Å². The van der Waals surface area contributed by atoms with Gasteiger partial charge in [0.05, 0.1) is 33.7 Å². The minimum absolute atomic E-state index is 0.655. The number of pyridine rings is 1. The number of fused-ring (bicyclic) bond motifs is 6. The summed E-state index contributed by atoms with van der Waals surface area (Å²) in [6.07, 6.45) is 0. The Morgan fingerprint density at radius 2 is 1.11 bits per heavy atom. The highest BCUT2D eigenvalue weighted by atomic mass is 15.1. The summed E-state index contributed by atoms with van der Waals surface area (Å²) in [5, 5.41) is 14.1. The second-order valence-electron chi connectivity index (χ2n) is 8.92. The highest BCUT2D eigenvalue weighted by Gasteiger charge is 2.16. The Labute approximate surface area is 201 Å². The molecule has 0 radical (unpaired) electrons. The van der Waals surface area contributed by atoms with E-state index in [4.69, 9.17) is 4.98 Å². The fourth-order valence-corrected chi connectivity index (χ4v) is 5.28. The fourth-order valence-electron chi connectivity index (χ4n) is 5.28. The molecule has 4 aromatic carbocycles. The molecule has 35 heavy (non-hydrogen) atoms. The van der Waals surface area contributed by atoms with Crippen molar-refractivity contribution in [1.82, 2.24) is 14.1 Å². The van der Waals surface area contributed by atoms with E-state index >= 15 is 0 Å². The molecule has 3 heterocycles. The quantitative estimate of drug-likeness (QED) is 0.276. The number of rotatable bonds is 2. The SMILES string of the molecule is Cc1ccc2c(c1)c1ccccc1n2-c1cccc(-n2c3ccccc3c3cc(C#N)ccc32)n1. The van der Waals surface area contributed by atoms with Gasteiger partial charge >= 0.3 is 0 Å². The number of aromatic nitrogens is 3. The Hall–Kier alpha value is -4.88. The van der Waals surface area contributed by atoms with E-state index in [0.717, 1.165) is 44.5 Å². The van der Waals surface area contributed by atoms with Crippen molar-refractivity contribution in [3.05, 3.63) is 114 Å². The van der Waals surface area contributed by atoms with Gasteiger partial charge in [0, 0.05) is 21.5 Å². The fraction of sp³-hybridized carbons (Fsp3) is 0.0323. The Balaban J connectivity index is 1.54. The summed E-state index contributed by atoms with van der Waals surface area (Å²) in [6.45, 7) is 2.13. The van der Waals surface area contributed by atoms with Crippen molar-refractivity contribution < 1.29 is 0 Å². The highest BCUT2D eigenvalue weighted by molar-refractivity contribution is 6.10. The second kappa shape index (κ2) is 7.31. The summed E-state index contributed by atoms with van der Waals surface area (Å²) in [4.78, 5) is 5.18. The van der Waals surface area contributed by atoms with Crippen molar-refractivity contribution >= 4 is 43.6 Å². The molecule has 7 aromatic rings. The third kappa shape index (κ3) is 2.82. The zero-order valence-corrected chi connectivity index (χ0v) is 19.1. The van der Waals surface area contributed by atoms with Gasteiger partial charge in [0.15, 0.2) is 0 Å². The molecule has 4 nitrogen and oxygen atoms in total. The van der Waals surface area contributed by atoms with Crippen molar-refractivity contribution in [2.75, 3.05) is 0 Å². The van der Waals surface area contributed by atoms with Crippen LogP contribution in [0.25, 0.3) is 55.2 Å². The Kier molecular flexibility index (Phi) is 4.09. The van der Waals surface area contributed by atoms with Crippen LogP contribution >= 0.6 is 0 Å². The van der Waals surface area contributed by atoms with E-state index in [2.05, 4.69) is 88.9 Å². The second-order valence-corrected chi connectivity index (χ2v) is 8.92. The number of nitriles is 1. The van der Waals surface area contributed by atoms with Crippen LogP contribution in [-0.4, -0.2) is 14.1 Å². The van der Waals surface area contributed by atoms with Crippen LogP contribution in [0.3, 0.4) is 0 Å². The molecule has 0 aliphatic carbocycles. The number of benzene rings is 4. The van der Waals surface area contributed by atoms with Crippen LogP contribution in [0, 0.1) is 18.3 Å². The number of nitrogens with zero attached hydrogens (tertiary/aromatic N) is 4. The zero-order valence-electron chi connectivity index (χ0n) is 19.1. The minimum atomic E-state index is 0.655. The summed E-state index contributed by atoms with van der Waals surface area (Å²) < 4.78 is 4.43. The average molecular weight is 449 g/mol. The van der Waals surface area contributed by atoms with Gasteiger partial charge in [-0.3, -0.25) is 9.13 Å². The first-order chi connectivity index (χ1) is 17.2. The number of aryl methyl sites for hydroxylation is 1. The third-order valence-electron chi connectivity index (χ3n) is 6.81. The zero-order chi connectivity index (χ0) is 23.5. The van der Waals surface area contributed by atoms with Gasteiger partial charge in [0.1, 0.15) is 11.6 Å². The molecule has 3 aromatic heterocycles. The lowest BCUT2D eigenvalue weighted by atomic mass is 10.1. The van der Waals surface area contributed by atoms with Gasteiger partial charge in [-0.15, -0.1) is 0 Å². The summed E-state index contributed by atoms with van der Waals surface area (Å²) in [6, 6.07) is 37.7. The Morgan fingerprint density at radius 3 is 1.74 bits per heavy atom. The summed E-state index contributed by atoms with van der Waals surface area (Å²) >= 11 is 0. The molecule has 0 fully saturated rings. The molecule has 0 unspecified atom stereocenters. The number of para-hydroxylation sites is 2. The molecule has 0 bridgehead atoms. The van der Waals surface area contributed by atoms with Crippen molar-refractivity contribution in [2.24, 2.45) is 0 Å². The topological polar surface area (TPSA) is 46.5 Å². The maximum Gasteiger partial charge on any atom is 0.140 e. The van der Waals surface area contributed by atoms with Gasteiger partial charge in [-0.05, 0) is 61.5 Å². The summed E-state index contributed by atoms with van der Waals surface area (Å²) in [5.41, 5.74) is 6.28. The van der Waals surface area contributed by atoms with Gasteiger partial charge in [-0.25, -0.2) is 4.98 Å². The molecule has 0 atom stereocenters. The molecule has 0 spiro atoms. The average Bonchev–Trinajstić information content (AvgIpc) is 3.41.